The highest BCUT2D eigenvalue weighted by Gasteiger charge is 2.15. The quantitative estimate of drug-likeness (QED) is 0.400. The zero-order chi connectivity index (χ0) is 17.4. The minimum Gasteiger partial charge on any atom is -0.456 e. The summed E-state index contributed by atoms with van der Waals surface area (Å²) in [5.74, 6) is 1.49. The molecule has 1 atom stereocenters. The molecular formula is C17H14BrN4OPS. The van der Waals surface area contributed by atoms with Crippen molar-refractivity contribution in [2.24, 2.45) is 0 Å². The number of hydrogen-bond acceptors (Lipinski definition) is 5. The minimum absolute atomic E-state index is 0.501. The molecule has 0 saturated heterocycles. The summed E-state index contributed by atoms with van der Waals surface area (Å²) in [6, 6.07) is 9.82. The van der Waals surface area contributed by atoms with E-state index in [1.54, 1.807) is 17.5 Å². The monoisotopic (exact) mass is 432 g/mol. The van der Waals surface area contributed by atoms with E-state index in [4.69, 9.17) is 4.74 Å². The Kier molecular flexibility index (Phi) is 4.54. The summed E-state index contributed by atoms with van der Waals surface area (Å²) >= 11 is 5.19. The van der Waals surface area contributed by atoms with Crippen LogP contribution in [0.4, 0.5) is 0 Å². The molecule has 3 heterocycles. The van der Waals surface area contributed by atoms with E-state index in [9.17, 15) is 0 Å². The van der Waals surface area contributed by atoms with Gasteiger partial charge in [0.25, 0.3) is 0 Å². The second kappa shape index (κ2) is 6.83. The van der Waals surface area contributed by atoms with Crippen LogP contribution in [0.2, 0.25) is 0 Å². The van der Waals surface area contributed by atoms with Gasteiger partial charge in [-0.25, -0.2) is 14.4 Å². The van der Waals surface area contributed by atoms with Crippen LogP contribution >= 0.6 is 36.0 Å². The van der Waals surface area contributed by atoms with Gasteiger partial charge >= 0.3 is 0 Å². The molecule has 1 aromatic carbocycles. The fraction of sp³-hybridized carbons (Fsp3) is 0.118. The molecule has 0 spiro atoms. The molecule has 0 bridgehead atoms. The van der Waals surface area contributed by atoms with Crippen LogP contribution in [0.1, 0.15) is 4.88 Å². The molecule has 0 N–H and O–H groups in total. The lowest BCUT2D eigenvalue weighted by molar-refractivity contribution is 0.488. The molecule has 0 aliphatic rings. The lowest BCUT2D eigenvalue weighted by Crippen LogP contribution is -1.89. The largest absolute Gasteiger partial charge is 0.456 e. The number of benzene rings is 1. The third-order valence-electron chi connectivity index (χ3n) is 3.63. The van der Waals surface area contributed by atoms with Gasteiger partial charge in [0.05, 0.1) is 5.39 Å². The highest BCUT2D eigenvalue weighted by atomic mass is 79.9. The van der Waals surface area contributed by atoms with Gasteiger partial charge in [-0.05, 0) is 41.7 Å². The van der Waals surface area contributed by atoms with Crippen LogP contribution in [0.15, 0.2) is 47.3 Å². The van der Waals surface area contributed by atoms with Crippen molar-refractivity contribution in [2.45, 2.75) is 6.92 Å². The number of nitrogens with zero attached hydrogens (tertiary/aromatic N) is 4. The standard InChI is InChI=1S/C17H14BrN4OPS/c1-10-9-20-17(25-10)11-4-3-5-12(8-11)23-13-6-7-19-16-14(13)15(18)21-22(16)24-2/h3-9,24H,1-2H3. The fourth-order valence-corrected chi connectivity index (χ4v) is 4.54. The maximum Gasteiger partial charge on any atom is 0.165 e. The van der Waals surface area contributed by atoms with Gasteiger partial charge in [-0.15, -0.1) is 11.3 Å². The number of rotatable bonds is 4. The number of aryl methyl sites for hydroxylation is 1. The van der Waals surface area contributed by atoms with Crippen LogP contribution in [0.3, 0.4) is 0 Å². The van der Waals surface area contributed by atoms with E-state index in [2.05, 4.69) is 44.6 Å². The molecule has 25 heavy (non-hydrogen) atoms. The number of hydrogen-bond donors (Lipinski definition) is 0. The zero-order valence-corrected chi connectivity index (χ0v) is 16.9. The first kappa shape index (κ1) is 16.6. The number of ether oxygens (including phenoxy) is 1. The Morgan fingerprint density at radius 3 is 2.88 bits per heavy atom. The lowest BCUT2D eigenvalue weighted by Gasteiger charge is -2.08. The van der Waals surface area contributed by atoms with Gasteiger partial charge in [0, 0.05) is 37.6 Å². The Morgan fingerprint density at radius 2 is 2.12 bits per heavy atom. The number of halogens is 1. The van der Waals surface area contributed by atoms with Crippen LogP contribution in [-0.4, -0.2) is 26.2 Å². The van der Waals surface area contributed by atoms with E-state index >= 15 is 0 Å². The Labute approximate surface area is 159 Å². The Bertz CT molecular complexity index is 1060. The van der Waals surface area contributed by atoms with Crippen molar-refractivity contribution in [1.82, 2.24) is 19.5 Å². The average molecular weight is 433 g/mol. The van der Waals surface area contributed by atoms with Crippen LogP contribution in [0.25, 0.3) is 21.6 Å². The molecule has 5 nitrogen and oxygen atoms in total. The van der Waals surface area contributed by atoms with E-state index in [0.717, 1.165) is 37.7 Å². The molecular weight excluding hydrogens is 419 g/mol. The molecule has 0 amide bonds. The zero-order valence-electron chi connectivity index (χ0n) is 13.5. The van der Waals surface area contributed by atoms with Gasteiger partial charge < -0.3 is 4.74 Å². The minimum atomic E-state index is 0.501. The molecule has 0 radical (unpaired) electrons. The van der Waals surface area contributed by atoms with Crippen molar-refractivity contribution in [3.63, 3.8) is 0 Å². The van der Waals surface area contributed by atoms with Crippen molar-refractivity contribution >= 4 is 47.0 Å². The Hall–Kier alpha value is -1.82. The first-order valence-corrected chi connectivity index (χ1v) is 10.6. The number of fused-ring (bicyclic) bond motifs is 1. The van der Waals surface area contributed by atoms with E-state index in [1.807, 2.05) is 41.0 Å². The first-order chi connectivity index (χ1) is 12.2. The predicted molar refractivity (Wildman–Crippen MR) is 107 cm³/mol. The summed E-state index contributed by atoms with van der Waals surface area (Å²) < 4.78 is 8.77. The van der Waals surface area contributed by atoms with Crippen LogP contribution in [0.5, 0.6) is 11.5 Å². The van der Waals surface area contributed by atoms with Crippen molar-refractivity contribution in [3.05, 3.63) is 52.2 Å². The molecule has 0 aliphatic heterocycles. The molecule has 3 aromatic heterocycles. The summed E-state index contributed by atoms with van der Waals surface area (Å²) in [7, 11) is 0.501. The third-order valence-corrected chi connectivity index (χ3v) is 5.88. The topological polar surface area (TPSA) is 52.8 Å². The molecule has 4 rings (SSSR count). The van der Waals surface area contributed by atoms with Crippen molar-refractivity contribution in [1.29, 1.82) is 0 Å². The fourth-order valence-electron chi connectivity index (χ4n) is 2.52. The highest BCUT2D eigenvalue weighted by molar-refractivity contribution is 9.10. The molecule has 0 fully saturated rings. The van der Waals surface area contributed by atoms with Gasteiger partial charge in [0.2, 0.25) is 0 Å². The van der Waals surface area contributed by atoms with Crippen molar-refractivity contribution < 1.29 is 4.74 Å². The van der Waals surface area contributed by atoms with Crippen LogP contribution in [0, 0.1) is 6.92 Å². The van der Waals surface area contributed by atoms with Crippen molar-refractivity contribution in [3.8, 4) is 22.1 Å². The normalized spacial score (nSPS) is 11.6. The summed E-state index contributed by atoms with van der Waals surface area (Å²) in [5.41, 5.74) is 1.86. The molecule has 4 aromatic rings. The van der Waals surface area contributed by atoms with Crippen molar-refractivity contribution in [2.75, 3.05) is 6.66 Å². The Morgan fingerprint density at radius 1 is 1.24 bits per heavy atom. The molecule has 0 saturated carbocycles. The molecule has 8 heteroatoms. The lowest BCUT2D eigenvalue weighted by atomic mass is 10.2. The van der Waals surface area contributed by atoms with E-state index < -0.39 is 0 Å². The smallest absolute Gasteiger partial charge is 0.165 e. The number of aromatic nitrogens is 4. The highest BCUT2D eigenvalue weighted by Crippen LogP contribution is 2.36. The molecule has 0 aliphatic carbocycles. The van der Waals surface area contributed by atoms with Gasteiger partial charge in [-0.3, -0.25) is 0 Å². The van der Waals surface area contributed by atoms with Crippen LogP contribution < -0.4 is 4.74 Å². The molecule has 1 unspecified atom stereocenters. The first-order valence-electron chi connectivity index (χ1n) is 7.57. The van der Waals surface area contributed by atoms with Gasteiger partial charge in [-0.2, -0.15) is 5.10 Å². The maximum atomic E-state index is 6.16. The Balaban J connectivity index is 1.74. The number of thiazole rings is 1. The van der Waals surface area contributed by atoms with Gasteiger partial charge in [-0.1, -0.05) is 12.1 Å². The average Bonchev–Trinajstić information content (AvgIpc) is 3.19. The number of pyridine rings is 1. The summed E-state index contributed by atoms with van der Waals surface area (Å²) in [6.07, 6.45) is 3.63. The summed E-state index contributed by atoms with van der Waals surface area (Å²) in [6.45, 7) is 4.12. The van der Waals surface area contributed by atoms with E-state index in [0.29, 0.717) is 8.73 Å². The summed E-state index contributed by atoms with van der Waals surface area (Å²) in [5, 5.41) is 6.34. The second-order valence-electron chi connectivity index (χ2n) is 5.34. The predicted octanol–water partition coefficient (Wildman–Crippen LogP) is 5.49. The van der Waals surface area contributed by atoms with Gasteiger partial charge in [0.15, 0.2) is 5.65 Å². The van der Waals surface area contributed by atoms with E-state index in [-0.39, 0.29) is 0 Å². The second-order valence-corrected chi connectivity index (χ2v) is 8.20. The maximum absolute atomic E-state index is 6.16. The SMILES string of the molecule is CPn1nc(Br)c2c(Oc3cccc(-c4ncc(C)s4)c3)ccnc21. The van der Waals surface area contributed by atoms with E-state index in [1.165, 1.54) is 4.88 Å². The van der Waals surface area contributed by atoms with Gasteiger partial charge in [0.1, 0.15) is 21.1 Å². The summed E-state index contributed by atoms with van der Waals surface area (Å²) in [4.78, 5) is 10.1. The molecule has 126 valence electrons. The van der Waals surface area contributed by atoms with Crippen LogP contribution in [-0.2, 0) is 0 Å². The third kappa shape index (κ3) is 3.19.